The molecule has 2 atom stereocenters. The van der Waals surface area contributed by atoms with Gasteiger partial charge in [0.2, 0.25) is 0 Å². The third-order valence-corrected chi connectivity index (χ3v) is 16.7. The van der Waals surface area contributed by atoms with Crippen LogP contribution < -0.4 is 4.90 Å². The van der Waals surface area contributed by atoms with Crippen LogP contribution in [0.15, 0.2) is 110 Å². The molecular formula is C43H51N2O18S6+. The van der Waals surface area contributed by atoms with E-state index in [1.807, 2.05) is 55.4 Å². The summed E-state index contributed by atoms with van der Waals surface area (Å²) >= 11 is 1.06. The van der Waals surface area contributed by atoms with Crippen molar-refractivity contribution in [3.05, 3.63) is 107 Å². The van der Waals surface area contributed by atoms with E-state index in [9.17, 15) is 51.9 Å². The van der Waals surface area contributed by atoms with Crippen LogP contribution in [0.4, 0.5) is 5.69 Å². The molecule has 2 unspecified atom stereocenters. The van der Waals surface area contributed by atoms with Gasteiger partial charge in [-0.2, -0.15) is 33.7 Å². The van der Waals surface area contributed by atoms with Crippen molar-refractivity contribution in [1.82, 2.24) is 0 Å². The summed E-state index contributed by atoms with van der Waals surface area (Å²) in [7, 11) is -17.9. The van der Waals surface area contributed by atoms with Crippen molar-refractivity contribution < 1.29 is 85.7 Å². The van der Waals surface area contributed by atoms with Crippen LogP contribution in [0, 0.1) is 5.41 Å². The van der Waals surface area contributed by atoms with E-state index in [0.29, 0.717) is 77.6 Å². The Kier molecular flexibility index (Phi) is 17.0. The lowest BCUT2D eigenvalue weighted by molar-refractivity contribution is -0.548. The summed E-state index contributed by atoms with van der Waals surface area (Å²) < 4.78 is 147. The summed E-state index contributed by atoms with van der Waals surface area (Å²) in [4.78, 5) is 1.63. The van der Waals surface area contributed by atoms with Crippen LogP contribution in [0.5, 0.6) is 0 Å². The van der Waals surface area contributed by atoms with Gasteiger partial charge < -0.3 is 4.90 Å². The molecule has 0 radical (unpaired) electrons. The molecule has 3 aliphatic rings. The van der Waals surface area contributed by atoms with E-state index in [-0.39, 0.29) is 27.5 Å². The Balaban J connectivity index is 1.35. The highest BCUT2D eigenvalue weighted by Crippen LogP contribution is 2.54. The SMILES string of the molecule is CC1(C)\C(=C/C=C/C=C/C=C/C2=[N+](CCCCS(=O)(=O)O)C3C=Cc4cc(SOOO)cc(S(=O)(=O)O)c4C3C2(C)C)N(CCCCS(=O)(=O)O)c2ccc3cc(S(=O)(=O)O)cc(SOOO)c3c21. The number of rotatable bonds is 22. The fourth-order valence-electron chi connectivity index (χ4n) is 9.49. The number of unbranched alkanes of at least 4 members (excludes halogenated alkanes) is 2. The molecule has 6 rings (SSSR count). The maximum absolute atomic E-state index is 12.9. The van der Waals surface area contributed by atoms with E-state index >= 15 is 0 Å². The van der Waals surface area contributed by atoms with Crippen LogP contribution in [0.1, 0.15) is 76.0 Å². The minimum Gasteiger partial charge on any atom is -0.344 e. The minimum atomic E-state index is -4.80. The summed E-state index contributed by atoms with van der Waals surface area (Å²) in [5.41, 5.74) is 2.19. The second-order valence-electron chi connectivity index (χ2n) is 17.4. The van der Waals surface area contributed by atoms with Crippen molar-refractivity contribution in [2.45, 2.75) is 90.3 Å². The highest BCUT2D eigenvalue weighted by atomic mass is 32.2. The molecule has 0 saturated heterocycles. The fraction of sp³-hybridized carbons (Fsp3) is 0.372. The fourth-order valence-corrected chi connectivity index (χ4v) is 13.2. The first-order valence-corrected chi connectivity index (χ1v) is 28.5. The molecular weight excluding hydrogens is 1020 g/mol. The molecule has 20 nitrogen and oxygen atoms in total. The van der Waals surface area contributed by atoms with Crippen LogP contribution in [-0.4, -0.2) is 103 Å². The summed E-state index contributed by atoms with van der Waals surface area (Å²) in [6.45, 7) is 8.39. The Bertz CT molecular complexity index is 3120. The molecule has 0 bridgehead atoms. The van der Waals surface area contributed by atoms with Gasteiger partial charge in [0.05, 0.1) is 56.7 Å². The largest absolute Gasteiger partial charge is 0.344 e. The molecule has 0 spiro atoms. The zero-order valence-corrected chi connectivity index (χ0v) is 42.3. The van der Waals surface area contributed by atoms with Crippen molar-refractivity contribution in [3.63, 3.8) is 0 Å². The van der Waals surface area contributed by atoms with E-state index in [2.05, 4.69) is 14.4 Å². The average molecular weight is 1080 g/mol. The molecule has 2 aliphatic heterocycles. The zero-order valence-electron chi connectivity index (χ0n) is 37.4. The van der Waals surface area contributed by atoms with Gasteiger partial charge in [-0.05, 0) is 97.7 Å². The van der Waals surface area contributed by atoms with Gasteiger partial charge in [-0.1, -0.05) is 66.4 Å². The minimum absolute atomic E-state index is 0.150. The Morgan fingerprint density at radius 1 is 0.754 bits per heavy atom. The van der Waals surface area contributed by atoms with Gasteiger partial charge in [0.1, 0.15) is 6.54 Å². The number of hydrogen-bond acceptors (Lipinski definition) is 17. The summed E-state index contributed by atoms with van der Waals surface area (Å²) in [6.07, 6.45) is 17.2. The zero-order chi connectivity index (χ0) is 50.7. The van der Waals surface area contributed by atoms with E-state index in [4.69, 9.17) is 14.8 Å². The molecule has 3 aromatic carbocycles. The van der Waals surface area contributed by atoms with Crippen molar-refractivity contribution >= 4 is 92.8 Å². The van der Waals surface area contributed by atoms with Gasteiger partial charge in [-0.25, -0.2) is 15.1 Å². The predicted octanol–water partition coefficient (Wildman–Crippen LogP) is 7.85. The maximum Gasteiger partial charge on any atom is 0.294 e. The third-order valence-electron chi connectivity index (χ3n) is 12.2. The Morgan fingerprint density at radius 2 is 1.39 bits per heavy atom. The van der Waals surface area contributed by atoms with Gasteiger partial charge in [0.15, 0.2) is 11.8 Å². The number of nitrogens with zero attached hydrogens (tertiary/aromatic N) is 2. The molecule has 3 aromatic rings. The van der Waals surface area contributed by atoms with Gasteiger partial charge >= 0.3 is 0 Å². The molecule has 26 heteroatoms. The second kappa shape index (κ2) is 21.5. The van der Waals surface area contributed by atoms with Crippen LogP contribution in [0.25, 0.3) is 16.8 Å². The normalized spacial score (nSPS) is 19.8. The second-order valence-corrected chi connectivity index (χ2v) is 24.8. The molecule has 376 valence electrons. The Hall–Kier alpha value is -3.81. The van der Waals surface area contributed by atoms with E-state index in [1.54, 1.807) is 54.7 Å². The smallest absolute Gasteiger partial charge is 0.294 e. The quantitative estimate of drug-likeness (QED) is 0.0106. The molecule has 0 saturated carbocycles. The standard InChI is InChI=1S/C43H50N2O18S6/c1-42(2)36(44(20-10-12-22-66(48,49)50)32-19-17-29-25-31(68(54,55)56)27-34(65-63-61-47)38(29)40(32)42)14-8-6-5-7-9-15-37-43(3,4)41-33(45(37)21-11-13-23-67(51,52)53)18-16-28-24-30(64-62-60-46)26-35(39(28)41)69(57,58)59/h5-9,14-19,24-27,33,41H,10-13,20-23H2,1-4H3,(H5-,46,47,48,49,50,51,52,53,54,55,56,57,58,59)/p+1. The van der Waals surface area contributed by atoms with Crippen molar-refractivity contribution in [1.29, 1.82) is 0 Å². The number of anilines is 1. The van der Waals surface area contributed by atoms with Crippen LogP contribution >= 0.6 is 24.1 Å². The highest BCUT2D eigenvalue weighted by Gasteiger charge is 2.56. The number of fused-ring (bicyclic) bond motifs is 6. The monoisotopic (exact) mass is 1080 g/mol. The molecule has 69 heavy (non-hydrogen) atoms. The number of allylic oxidation sites excluding steroid dienone is 8. The number of benzene rings is 3. The summed E-state index contributed by atoms with van der Waals surface area (Å²) in [5.74, 6) is -1.43. The maximum atomic E-state index is 12.9. The van der Waals surface area contributed by atoms with Crippen LogP contribution in [0.2, 0.25) is 0 Å². The summed E-state index contributed by atoms with van der Waals surface area (Å²) in [5, 5.41) is 26.1. The summed E-state index contributed by atoms with van der Waals surface area (Å²) in [6, 6.07) is 8.33. The van der Waals surface area contributed by atoms with Gasteiger partial charge in [-0.3, -0.25) is 18.2 Å². The van der Waals surface area contributed by atoms with Gasteiger partial charge in [0.25, 0.3) is 40.5 Å². The van der Waals surface area contributed by atoms with E-state index < -0.39 is 79.7 Å². The molecule has 1 aliphatic carbocycles. The molecule has 6 N–H and O–H groups in total. The van der Waals surface area contributed by atoms with Crippen LogP contribution in [-0.2, 0) is 64.6 Å². The van der Waals surface area contributed by atoms with Crippen LogP contribution in [0.3, 0.4) is 0 Å². The first-order chi connectivity index (χ1) is 32.2. The first-order valence-electron chi connectivity index (χ1n) is 21.0. The Labute approximate surface area is 408 Å². The van der Waals surface area contributed by atoms with Crippen molar-refractivity contribution in [3.8, 4) is 0 Å². The van der Waals surface area contributed by atoms with E-state index in [1.165, 1.54) is 18.2 Å². The lowest BCUT2D eigenvalue weighted by atomic mass is 9.68. The Morgan fingerprint density at radius 3 is 2.03 bits per heavy atom. The highest BCUT2D eigenvalue weighted by molar-refractivity contribution is 7.95. The molecule has 2 heterocycles. The first kappa shape index (κ1) is 54.5. The van der Waals surface area contributed by atoms with Crippen molar-refractivity contribution in [2.24, 2.45) is 5.41 Å². The average Bonchev–Trinajstić information content (AvgIpc) is 3.60. The molecule has 0 aromatic heterocycles. The third kappa shape index (κ3) is 12.6. The lowest BCUT2D eigenvalue weighted by Gasteiger charge is -2.31. The van der Waals surface area contributed by atoms with Gasteiger partial charge in [0, 0.05) is 51.0 Å². The molecule has 0 amide bonds. The topological polar surface area (TPSA) is 301 Å². The number of hydrogen-bond donors (Lipinski definition) is 6. The predicted molar refractivity (Wildman–Crippen MR) is 258 cm³/mol. The lowest BCUT2D eigenvalue weighted by Crippen LogP contribution is -2.33. The van der Waals surface area contributed by atoms with Crippen molar-refractivity contribution in [2.75, 3.05) is 29.5 Å². The van der Waals surface area contributed by atoms with Gasteiger partial charge in [-0.15, -0.1) is 8.67 Å². The molecule has 0 fully saturated rings. The van der Waals surface area contributed by atoms with E-state index in [0.717, 1.165) is 17.0 Å².